The van der Waals surface area contributed by atoms with Gasteiger partial charge in [-0.2, -0.15) is 0 Å². The van der Waals surface area contributed by atoms with E-state index < -0.39 is 0 Å². The van der Waals surface area contributed by atoms with Crippen LogP contribution in [0.3, 0.4) is 0 Å². The molecule has 2 bridgehead atoms. The summed E-state index contributed by atoms with van der Waals surface area (Å²) >= 11 is 0.303. The van der Waals surface area contributed by atoms with Crippen LogP contribution in [0.15, 0.2) is 0 Å². The van der Waals surface area contributed by atoms with Crippen LogP contribution in [0.4, 0.5) is 0 Å². The van der Waals surface area contributed by atoms with Crippen molar-refractivity contribution in [3.05, 3.63) is 0 Å². The summed E-state index contributed by atoms with van der Waals surface area (Å²) in [4.78, 5) is 13.5. The van der Waals surface area contributed by atoms with Gasteiger partial charge in [-0.3, -0.25) is 0 Å². The van der Waals surface area contributed by atoms with Gasteiger partial charge in [0.2, 0.25) is 0 Å². The normalized spacial score (nSPS) is 48.7. The third-order valence-electron chi connectivity index (χ3n) is 6.46. The average Bonchev–Trinajstić information content (AvgIpc) is 2.66. The zero-order chi connectivity index (χ0) is 13.8. The molecule has 3 rings (SSSR count). The van der Waals surface area contributed by atoms with Gasteiger partial charge in [0.05, 0.1) is 0 Å². The first-order valence-electron chi connectivity index (χ1n) is 7.76. The molecule has 19 heavy (non-hydrogen) atoms. The van der Waals surface area contributed by atoms with Gasteiger partial charge in [-0.25, -0.2) is 0 Å². The molecule has 0 heterocycles. The summed E-state index contributed by atoms with van der Waals surface area (Å²) in [6.45, 7) is 6.80. The topological polar surface area (TPSA) is 37.3 Å². The maximum absolute atomic E-state index is 12.8. The number of carbonyl (C=O) groups is 1. The van der Waals surface area contributed by atoms with Crippen molar-refractivity contribution < 1.29 is 9.90 Å². The Hall–Kier alpha value is 0.149. The van der Waals surface area contributed by atoms with E-state index in [0.29, 0.717) is 36.3 Å². The zero-order valence-corrected chi connectivity index (χ0v) is 14.0. The number of hydrogen-bond donors (Lipinski definition) is 1. The number of Topliss-reactive ketones (excluding diaryl/α,β-unsaturated/α-hetero) is 1. The molecule has 0 radical (unpaired) electrons. The minimum absolute atomic E-state index is 0.0797. The Balaban J connectivity index is 1.78. The summed E-state index contributed by atoms with van der Waals surface area (Å²) in [6.07, 6.45) is 6.70. The Kier molecular flexibility index (Phi) is 3.40. The zero-order valence-electron chi connectivity index (χ0n) is 12.3. The van der Waals surface area contributed by atoms with Gasteiger partial charge in [0, 0.05) is 0 Å². The first-order valence-corrected chi connectivity index (χ1v) is 9.73. The molecule has 3 aliphatic rings. The van der Waals surface area contributed by atoms with E-state index in [4.69, 9.17) is 0 Å². The minimum atomic E-state index is -0.128. The van der Waals surface area contributed by atoms with E-state index in [1.165, 1.54) is 19.3 Å². The molecule has 3 aliphatic carbocycles. The van der Waals surface area contributed by atoms with E-state index in [1.54, 1.807) is 0 Å². The second-order valence-corrected chi connectivity index (χ2v) is 10.4. The van der Waals surface area contributed by atoms with E-state index in [0.717, 1.165) is 19.3 Å². The molecule has 0 unspecified atom stereocenters. The molecular weight excluding hydrogens is 303 g/mol. The predicted molar refractivity (Wildman–Crippen MR) is 77.3 cm³/mol. The molecule has 5 atom stereocenters. The van der Waals surface area contributed by atoms with Gasteiger partial charge in [0.1, 0.15) is 0 Å². The summed E-state index contributed by atoms with van der Waals surface area (Å²) in [5, 5.41) is 10.2. The van der Waals surface area contributed by atoms with Crippen LogP contribution in [-0.2, 0) is 4.79 Å². The van der Waals surface area contributed by atoms with E-state index >= 15 is 0 Å². The molecular formula is C16H26O2Se. The number of ketones is 1. The van der Waals surface area contributed by atoms with E-state index in [-0.39, 0.29) is 16.9 Å². The number of aliphatic hydroxyl groups excluding tert-OH is 1. The maximum atomic E-state index is 12.8. The molecule has 0 spiro atoms. The summed E-state index contributed by atoms with van der Waals surface area (Å²) in [7, 11) is 0. The SMILES string of the molecule is CC1(C)[C@@H]2CC[C@@]1(C)C(=O)[C@H]2[Se][C@@H]1CCCC[C@H]1O. The fourth-order valence-corrected chi connectivity index (χ4v) is 8.88. The van der Waals surface area contributed by atoms with Crippen molar-refractivity contribution >= 4 is 20.7 Å². The standard InChI is InChI=1S/C16H26O2Se/c1-15(2)10-8-9-16(15,3)14(18)13(10)19-12-7-5-4-6-11(12)17/h10-13,17H,4-9H2,1-3H3/t10-,11-,12-,13+,16+/m1/s1. The van der Waals surface area contributed by atoms with Crippen LogP contribution in [0, 0.1) is 16.7 Å². The monoisotopic (exact) mass is 330 g/mol. The number of rotatable bonds is 2. The van der Waals surface area contributed by atoms with Crippen LogP contribution in [0.2, 0.25) is 9.63 Å². The van der Waals surface area contributed by atoms with Crippen molar-refractivity contribution in [1.29, 1.82) is 0 Å². The summed E-state index contributed by atoms with van der Waals surface area (Å²) < 4.78 is 0. The number of hydrogen-bond acceptors (Lipinski definition) is 2. The van der Waals surface area contributed by atoms with Crippen molar-refractivity contribution in [2.45, 2.75) is 75.0 Å². The first-order chi connectivity index (χ1) is 8.88. The van der Waals surface area contributed by atoms with E-state index in [9.17, 15) is 9.90 Å². The Morgan fingerprint density at radius 3 is 2.42 bits per heavy atom. The van der Waals surface area contributed by atoms with Crippen LogP contribution >= 0.6 is 0 Å². The van der Waals surface area contributed by atoms with Crippen molar-refractivity contribution in [1.82, 2.24) is 0 Å². The van der Waals surface area contributed by atoms with Crippen LogP contribution in [0.25, 0.3) is 0 Å². The number of aliphatic hydroxyl groups is 1. The predicted octanol–water partition coefficient (Wildman–Crippen LogP) is 3.23. The Bertz CT molecular complexity index is 392. The molecule has 2 nitrogen and oxygen atoms in total. The number of carbonyl (C=O) groups excluding carboxylic acids is 1. The fraction of sp³-hybridized carbons (Fsp3) is 0.938. The third-order valence-corrected chi connectivity index (χ3v) is 10.1. The van der Waals surface area contributed by atoms with Crippen LogP contribution in [-0.4, -0.2) is 32.0 Å². The van der Waals surface area contributed by atoms with Crippen molar-refractivity contribution in [3.63, 3.8) is 0 Å². The van der Waals surface area contributed by atoms with Gasteiger partial charge >= 0.3 is 122 Å². The fourth-order valence-electron chi connectivity index (χ4n) is 4.58. The molecule has 0 aromatic carbocycles. The van der Waals surface area contributed by atoms with Gasteiger partial charge in [-0.05, 0) is 0 Å². The van der Waals surface area contributed by atoms with E-state index in [1.807, 2.05) is 0 Å². The molecule has 0 amide bonds. The average molecular weight is 329 g/mol. The molecule has 0 aliphatic heterocycles. The van der Waals surface area contributed by atoms with Crippen LogP contribution in [0.5, 0.6) is 0 Å². The third kappa shape index (κ3) is 1.88. The molecule has 0 aromatic rings. The molecule has 1 N–H and O–H groups in total. The van der Waals surface area contributed by atoms with Gasteiger partial charge in [0.25, 0.3) is 0 Å². The van der Waals surface area contributed by atoms with Gasteiger partial charge < -0.3 is 0 Å². The van der Waals surface area contributed by atoms with Gasteiger partial charge in [0.15, 0.2) is 0 Å². The number of fused-ring (bicyclic) bond motifs is 2. The Labute approximate surface area is 122 Å². The quantitative estimate of drug-likeness (QED) is 0.790. The van der Waals surface area contributed by atoms with Crippen molar-refractivity contribution in [3.8, 4) is 0 Å². The Morgan fingerprint density at radius 2 is 1.84 bits per heavy atom. The summed E-state index contributed by atoms with van der Waals surface area (Å²) in [5.41, 5.74) is 0.0970. The molecule has 3 fully saturated rings. The van der Waals surface area contributed by atoms with Crippen molar-refractivity contribution in [2.75, 3.05) is 0 Å². The molecule has 3 saturated carbocycles. The van der Waals surface area contributed by atoms with E-state index in [2.05, 4.69) is 20.8 Å². The molecule has 0 aromatic heterocycles. The van der Waals surface area contributed by atoms with Crippen LogP contribution < -0.4 is 0 Å². The second-order valence-electron chi connectivity index (χ2n) is 7.51. The van der Waals surface area contributed by atoms with Crippen molar-refractivity contribution in [2.24, 2.45) is 16.7 Å². The molecule has 108 valence electrons. The van der Waals surface area contributed by atoms with Gasteiger partial charge in [-0.15, -0.1) is 0 Å². The second kappa shape index (κ2) is 4.58. The van der Waals surface area contributed by atoms with Crippen LogP contribution in [0.1, 0.15) is 59.3 Å². The first kappa shape index (κ1) is 14.1. The summed E-state index contributed by atoms with van der Waals surface area (Å²) in [5.74, 6) is 1.12. The van der Waals surface area contributed by atoms with Gasteiger partial charge in [-0.1, -0.05) is 0 Å². The summed E-state index contributed by atoms with van der Waals surface area (Å²) in [6, 6.07) is 0. The molecule has 3 heteroatoms. The molecule has 0 saturated heterocycles. The Morgan fingerprint density at radius 1 is 1.16 bits per heavy atom.